The number of rotatable bonds is 9. The molecule has 0 aliphatic carbocycles. The van der Waals surface area contributed by atoms with E-state index in [-0.39, 0.29) is 11.8 Å². The summed E-state index contributed by atoms with van der Waals surface area (Å²) in [6, 6.07) is 6.26. The molecule has 0 radical (unpaired) electrons. The number of hydrogen-bond donors (Lipinski definition) is 3. The second kappa shape index (κ2) is 9.54. The van der Waals surface area contributed by atoms with Crippen molar-refractivity contribution in [1.82, 2.24) is 10.3 Å². The van der Waals surface area contributed by atoms with Crippen LogP contribution in [0.1, 0.15) is 31.0 Å². The van der Waals surface area contributed by atoms with Crippen LogP contribution in [0.3, 0.4) is 0 Å². The molecular weight excluding hydrogens is 372 g/mol. The van der Waals surface area contributed by atoms with Crippen LogP contribution in [0.25, 0.3) is 0 Å². The molecule has 9 heteroatoms. The van der Waals surface area contributed by atoms with Crippen LogP contribution in [-0.2, 0) is 22.9 Å². The summed E-state index contributed by atoms with van der Waals surface area (Å²) in [5, 5.41) is 8.56. The highest BCUT2D eigenvalue weighted by atomic mass is 32.2. The van der Waals surface area contributed by atoms with E-state index in [4.69, 9.17) is 0 Å². The van der Waals surface area contributed by atoms with Gasteiger partial charge in [0.2, 0.25) is 10.0 Å². The normalized spacial score (nSPS) is 11.2. The smallest absolute Gasteiger partial charge is 0.319 e. The van der Waals surface area contributed by atoms with Crippen LogP contribution < -0.4 is 15.4 Å². The monoisotopic (exact) mass is 396 g/mol. The number of aromatic nitrogens is 1. The van der Waals surface area contributed by atoms with Gasteiger partial charge in [-0.2, -0.15) is 0 Å². The van der Waals surface area contributed by atoms with E-state index in [1.165, 1.54) is 0 Å². The van der Waals surface area contributed by atoms with Crippen molar-refractivity contribution in [3.8, 4) is 0 Å². The lowest BCUT2D eigenvalue weighted by atomic mass is 10.3. The Balaban J connectivity index is 1.83. The van der Waals surface area contributed by atoms with Crippen LogP contribution >= 0.6 is 11.3 Å². The molecule has 142 valence electrons. The Hall–Kier alpha value is -2.13. The first kappa shape index (κ1) is 20.2. The number of nitrogens with one attached hydrogen (secondary N) is 3. The molecule has 2 amide bonds. The molecule has 2 rings (SSSR count). The molecule has 0 saturated carbocycles. The number of hydrogen-bond acceptors (Lipinski definition) is 5. The molecule has 2 aromatic rings. The Labute approximate surface area is 158 Å². The number of sulfonamides is 1. The predicted molar refractivity (Wildman–Crippen MR) is 106 cm³/mol. The minimum atomic E-state index is -3.36. The van der Waals surface area contributed by atoms with Gasteiger partial charge in [-0.3, -0.25) is 4.72 Å². The molecule has 26 heavy (non-hydrogen) atoms. The number of anilines is 2. The van der Waals surface area contributed by atoms with Gasteiger partial charge in [-0.1, -0.05) is 19.9 Å². The van der Waals surface area contributed by atoms with Gasteiger partial charge in [0.25, 0.3) is 0 Å². The van der Waals surface area contributed by atoms with E-state index in [2.05, 4.69) is 27.3 Å². The van der Waals surface area contributed by atoms with Gasteiger partial charge in [0, 0.05) is 24.0 Å². The second-order valence-corrected chi connectivity index (χ2v) is 8.50. The third-order valence-electron chi connectivity index (χ3n) is 3.44. The first-order chi connectivity index (χ1) is 12.4. The van der Waals surface area contributed by atoms with Crippen molar-refractivity contribution >= 4 is 38.8 Å². The van der Waals surface area contributed by atoms with Crippen molar-refractivity contribution in [2.24, 2.45) is 0 Å². The van der Waals surface area contributed by atoms with E-state index in [9.17, 15) is 13.2 Å². The fourth-order valence-electron chi connectivity index (χ4n) is 2.27. The molecule has 1 aromatic heterocycles. The molecule has 3 N–H and O–H groups in total. The molecule has 1 aromatic carbocycles. The van der Waals surface area contributed by atoms with Gasteiger partial charge in [-0.15, -0.1) is 11.3 Å². The topological polar surface area (TPSA) is 100 Å². The van der Waals surface area contributed by atoms with Crippen molar-refractivity contribution in [3.05, 3.63) is 40.3 Å². The van der Waals surface area contributed by atoms with Gasteiger partial charge < -0.3 is 10.6 Å². The number of thiazole rings is 1. The predicted octanol–water partition coefficient (Wildman–Crippen LogP) is 3.22. The lowest BCUT2D eigenvalue weighted by molar-refractivity contribution is 0.252. The van der Waals surface area contributed by atoms with Gasteiger partial charge in [0.15, 0.2) is 0 Å². The van der Waals surface area contributed by atoms with Crippen molar-refractivity contribution in [2.45, 2.75) is 33.1 Å². The Morgan fingerprint density at radius 1 is 1.23 bits per heavy atom. The third kappa shape index (κ3) is 6.64. The van der Waals surface area contributed by atoms with Gasteiger partial charge in [0.05, 0.1) is 22.1 Å². The number of carbonyl (C=O) groups is 1. The highest BCUT2D eigenvalue weighted by Crippen LogP contribution is 2.16. The molecule has 0 saturated heterocycles. The summed E-state index contributed by atoms with van der Waals surface area (Å²) >= 11 is 1.62. The summed E-state index contributed by atoms with van der Waals surface area (Å²) in [6.45, 7) is 4.34. The largest absolute Gasteiger partial charge is 0.337 e. The minimum Gasteiger partial charge on any atom is -0.337 e. The van der Waals surface area contributed by atoms with E-state index in [1.807, 2.05) is 5.38 Å². The molecule has 0 unspecified atom stereocenters. The summed E-state index contributed by atoms with van der Waals surface area (Å²) in [7, 11) is -3.36. The van der Waals surface area contributed by atoms with Crippen molar-refractivity contribution in [2.75, 3.05) is 22.3 Å². The highest BCUT2D eigenvalue weighted by molar-refractivity contribution is 7.92. The van der Waals surface area contributed by atoms with Crippen LogP contribution in [-0.4, -0.2) is 31.7 Å². The number of aryl methyl sites for hydroxylation is 1. The highest BCUT2D eigenvalue weighted by Gasteiger charge is 2.09. The Morgan fingerprint density at radius 3 is 2.69 bits per heavy atom. The molecule has 7 nitrogen and oxygen atoms in total. The molecule has 0 spiro atoms. The summed E-state index contributed by atoms with van der Waals surface area (Å²) in [5.41, 5.74) is 1.91. The summed E-state index contributed by atoms with van der Waals surface area (Å²) < 4.78 is 26.1. The van der Waals surface area contributed by atoms with Crippen LogP contribution in [0.15, 0.2) is 29.6 Å². The summed E-state index contributed by atoms with van der Waals surface area (Å²) in [4.78, 5) is 16.4. The average molecular weight is 397 g/mol. The van der Waals surface area contributed by atoms with Gasteiger partial charge >= 0.3 is 6.03 Å². The molecular formula is C17H24N4O3S2. The Bertz CT molecular complexity index is 834. The van der Waals surface area contributed by atoms with Gasteiger partial charge in [-0.25, -0.2) is 18.2 Å². The maximum absolute atomic E-state index is 12.0. The van der Waals surface area contributed by atoms with Crippen LogP contribution in [0.4, 0.5) is 16.2 Å². The Kier molecular flexibility index (Phi) is 7.40. The van der Waals surface area contributed by atoms with E-state index < -0.39 is 10.0 Å². The second-order valence-electron chi connectivity index (χ2n) is 5.72. The average Bonchev–Trinajstić information content (AvgIpc) is 3.02. The zero-order valence-corrected chi connectivity index (χ0v) is 16.5. The van der Waals surface area contributed by atoms with E-state index >= 15 is 0 Å². The number of amides is 2. The number of nitrogens with zero attached hydrogens (tertiary/aromatic N) is 1. The van der Waals surface area contributed by atoms with Crippen molar-refractivity contribution in [1.29, 1.82) is 0 Å². The maximum atomic E-state index is 12.0. The maximum Gasteiger partial charge on any atom is 0.319 e. The molecule has 0 atom stereocenters. The first-order valence-corrected chi connectivity index (χ1v) is 11.0. The molecule has 1 heterocycles. The van der Waals surface area contributed by atoms with Crippen LogP contribution in [0, 0.1) is 0 Å². The SMILES string of the molecule is CCCS(=O)(=O)Nc1cccc(NC(=O)NCCc2csc(CC)n2)c1. The standard InChI is InChI=1S/C17H24N4O3S2/c1-3-10-26(23,24)21-14-7-5-6-13(11-14)20-17(22)18-9-8-15-12-25-16(4-2)19-15/h5-7,11-12,21H,3-4,8-10H2,1-2H3,(H2,18,20,22). The number of urea groups is 1. The van der Waals surface area contributed by atoms with E-state index in [0.717, 1.165) is 17.1 Å². The van der Waals surface area contributed by atoms with E-state index in [1.54, 1.807) is 42.5 Å². The van der Waals surface area contributed by atoms with Crippen LogP contribution in [0.5, 0.6) is 0 Å². The lowest BCUT2D eigenvalue weighted by Crippen LogP contribution is -2.30. The van der Waals surface area contributed by atoms with Crippen LogP contribution in [0.2, 0.25) is 0 Å². The molecule has 0 aliphatic rings. The van der Waals surface area contributed by atoms with Crippen molar-refractivity contribution in [3.63, 3.8) is 0 Å². The molecule has 0 aliphatic heterocycles. The summed E-state index contributed by atoms with van der Waals surface area (Å²) in [6.07, 6.45) is 2.12. The molecule has 0 fully saturated rings. The van der Waals surface area contributed by atoms with Crippen molar-refractivity contribution < 1.29 is 13.2 Å². The van der Waals surface area contributed by atoms with Gasteiger partial charge in [-0.05, 0) is 31.0 Å². The molecule has 0 bridgehead atoms. The van der Waals surface area contributed by atoms with Gasteiger partial charge in [0.1, 0.15) is 0 Å². The first-order valence-electron chi connectivity index (χ1n) is 8.50. The quantitative estimate of drug-likeness (QED) is 0.606. The fraction of sp³-hybridized carbons (Fsp3) is 0.412. The van der Waals surface area contributed by atoms with E-state index in [0.29, 0.717) is 30.8 Å². The number of carbonyl (C=O) groups excluding carboxylic acids is 1. The zero-order chi connectivity index (χ0) is 19.0. The third-order valence-corrected chi connectivity index (χ3v) is 5.97. The Morgan fingerprint density at radius 2 is 2.00 bits per heavy atom. The zero-order valence-electron chi connectivity index (χ0n) is 14.9. The summed E-state index contributed by atoms with van der Waals surface area (Å²) in [5.74, 6) is 0.0571. The number of benzene rings is 1. The fourth-order valence-corrected chi connectivity index (χ4v) is 4.17. The lowest BCUT2D eigenvalue weighted by Gasteiger charge is -2.10. The minimum absolute atomic E-state index is 0.0571.